The van der Waals surface area contributed by atoms with Crippen LogP contribution in [0, 0.1) is 21.4 Å². The van der Waals surface area contributed by atoms with Crippen LogP contribution in [-0.4, -0.2) is 16.8 Å². The average molecular weight is 337 g/mol. The maximum absolute atomic E-state index is 12.1. The number of primary amides is 1. The number of carbonyl (C=O) groups excluding carboxylic acids is 2. The van der Waals surface area contributed by atoms with E-state index in [4.69, 9.17) is 15.7 Å². The van der Waals surface area contributed by atoms with Gasteiger partial charge in [0.05, 0.1) is 4.92 Å². The predicted octanol–water partition coefficient (Wildman–Crippen LogP) is 2.21. The highest BCUT2D eigenvalue weighted by molar-refractivity contribution is 6.00. The molecule has 2 N–H and O–H groups in total. The standard InChI is InChI=1S/C17H11N3O5/c18-10-12(16(19)21)9-11-5-7-13(8-6-11)25-17(22)14-3-1-2-4-15(14)20(23)24/h1-9H,(H2,19,21)/b12-9+. The van der Waals surface area contributed by atoms with Crippen molar-refractivity contribution in [1.82, 2.24) is 0 Å². The largest absolute Gasteiger partial charge is 0.423 e. The number of nitrogens with two attached hydrogens (primary N) is 1. The van der Waals surface area contributed by atoms with Crippen LogP contribution in [0.2, 0.25) is 0 Å². The topological polar surface area (TPSA) is 136 Å². The minimum atomic E-state index is -0.870. The second-order valence-corrected chi connectivity index (χ2v) is 4.77. The van der Waals surface area contributed by atoms with Gasteiger partial charge in [-0.2, -0.15) is 5.26 Å². The van der Waals surface area contributed by atoms with Gasteiger partial charge in [0.25, 0.3) is 11.6 Å². The van der Waals surface area contributed by atoms with Gasteiger partial charge in [0, 0.05) is 6.07 Å². The Morgan fingerprint density at radius 2 is 1.80 bits per heavy atom. The summed E-state index contributed by atoms with van der Waals surface area (Å²) < 4.78 is 5.10. The van der Waals surface area contributed by atoms with Gasteiger partial charge in [0.1, 0.15) is 23.0 Å². The maximum atomic E-state index is 12.1. The Kier molecular flexibility index (Phi) is 5.22. The van der Waals surface area contributed by atoms with Crippen LogP contribution in [0.4, 0.5) is 5.69 Å². The van der Waals surface area contributed by atoms with Gasteiger partial charge in [-0.25, -0.2) is 4.79 Å². The fraction of sp³-hybridized carbons (Fsp3) is 0. The van der Waals surface area contributed by atoms with Crippen LogP contribution in [0.1, 0.15) is 15.9 Å². The SMILES string of the molecule is N#C/C(=C\c1ccc(OC(=O)c2ccccc2[N+](=O)[O-])cc1)C(N)=O. The number of nitrogens with zero attached hydrogens (tertiary/aromatic N) is 2. The molecule has 0 saturated carbocycles. The molecule has 0 aliphatic carbocycles. The van der Waals surface area contributed by atoms with Crippen molar-refractivity contribution in [3.05, 3.63) is 75.3 Å². The second kappa shape index (κ2) is 7.52. The molecular weight excluding hydrogens is 326 g/mol. The first-order valence-electron chi connectivity index (χ1n) is 6.89. The first-order chi connectivity index (χ1) is 11.9. The summed E-state index contributed by atoms with van der Waals surface area (Å²) in [6.07, 6.45) is 1.29. The second-order valence-electron chi connectivity index (χ2n) is 4.77. The Morgan fingerprint density at radius 1 is 1.16 bits per heavy atom. The van der Waals surface area contributed by atoms with E-state index in [-0.39, 0.29) is 22.6 Å². The Morgan fingerprint density at radius 3 is 2.36 bits per heavy atom. The van der Waals surface area contributed by atoms with E-state index in [1.54, 1.807) is 6.07 Å². The monoisotopic (exact) mass is 337 g/mol. The minimum Gasteiger partial charge on any atom is -0.423 e. The van der Waals surface area contributed by atoms with Crippen molar-refractivity contribution in [2.45, 2.75) is 0 Å². The van der Waals surface area contributed by atoms with E-state index < -0.39 is 16.8 Å². The summed E-state index contributed by atoms with van der Waals surface area (Å²) in [5, 5.41) is 19.7. The number of carbonyl (C=O) groups is 2. The predicted molar refractivity (Wildman–Crippen MR) is 87.3 cm³/mol. The number of benzene rings is 2. The smallest absolute Gasteiger partial charge is 0.350 e. The lowest BCUT2D eigenvalue weighted by molar-refractivity contribution is -0.385. The maximum Gasteiger partial charge on any atom is 0.350 e. The molecule has 25 heavy (non-hydrogen) atoms. The number of nitro groups is 1. The highest BCUT2D eigenvalue weighted by Gasteiger charge is 2.20. The molecule has 0 atom stereocenters. The Labute approximate surface area is 141 Å². The molecule has 0 fully saturated rings. The van der Waals surface area contributed by atoms with E-state index in [0.29, 0.717) is 5.56 Å². The Bertz CT molecular complexity index is 911. The molecule has 0 spiro atoms. The number of esters is 1. The first kappa shape index (κ1) is 17.4. The van der Waals surface area contributed by atoms with E-state index in [0.717, 1.165) is 0 Å². The van der Waals surface area contributed by atoms with Crippen molar-refractivity contribution in [3.63, 3.8) is 0 Å². The van der Waals surface area contributed by atoms with Crippen molar-refractivity contribution in [2.75, 3.05) is 0 Å². The van der Waals surface area contributed by atoms with E-state index in [1.165, 1.54) is 54.6 Å². The molecule has 8 nitrogen and oxygen atoms in total. The van der Waals surface area contributed by atoms with Crippen LogP contribution in [0.5, 0.6) is 5.75 Å². The number of hydrogen-bond acceptors (Lipinski definition) is 6. The van der Waals surface area contributed by atoms with E-state index >= 15 is 0 Å². The van der Waals surface area contributed by atoms with Gasteiger partial charge in [0.2, 0.25) is 0 Å². The molecular formula is C17H11N3O5. The third kappa shape index (κ3) is 4.27. The number of ether oxygens (including phenoxy) is 1. The Balaban J connectivity index is 2.20. The quantitative estimate of drug-likeness (QED) is 0.222. The summed E-state index contributed by atoms with van der Waals surface area (Å²) in [6.45, 7) is 0. The van der Waals surface area contributed by atoms with E-state index in [1.807, 2.05) is 0 Å². The molecule has 0 heterocycles. The van der Waals surface area contributed by atoms with Gasteiger partial charge >= 0.3 is 5.97 Å². The normalized spacial score (nSPS) is 10.6. The molecule has 1 amide bonds. The van der Waals surface area contributed by atoms with Crippen LogP contribution in [0.15, 0.2) is 54.1 Å². The van der Waals surface area contributed by atoms with Gasteiger partial charge in [-0.05, 0) is 29.8 Å². The molecule has 124 valence electrons. The van der Waals surface area contributed by atoms with E-state index in [2.05, 4.69) is 0 Å². The number of rotatable bonds is 5. The fourth-order valence-electron chi connectivity index (χ4n) is 1.92. The number of nitro benzene ring substituents is 1. The molecule has 0 unspecified atom stereocenters. The van der Waals surface area contributed by atoms with E-state index in [9.17, 15) is 19.7 Å². The first-order valence-corrected chi connectivity index (χ1v) is 6.89. The van der Waals surface area contributed by atoms with Gasteiger partial charge in [0.15, 0.2) is 0 Å². The molecule has 0 bridgehead atoms. The summed E-state index contributed by atoms with van der Waals surface area (Å²) in [7, 11) is 0. The van der Waals surface area contributed by atoms with Gasteiger partial charge in [-0.15, -0.1) is 0 Å². The van der Waals surface area contributed by atoms with Crippen LogP contribution in [0.25, 0.3) is 6.08 Å². The van der Waals surface area contributed by atoms with Crippen LogP contribution in [0.3, 0.4) is 0 Å². The summed E-state index contributed by atoms with van der Waals surface area (Å²) >= 11 is 0. The van der Waals surface area contributed by atoms with Crippen LogP contribution >= 0.6 is 0 Å². The van der Waals surface area contributed by atoms with Crippen molar-refractivity contribution in [3.8, 4) is 11.8 Å². The lowest BCUT2D eigenvalue weighted by Gasteiger charge is -2.05. The van der Waals surface area contributed by atoms with Gasteiger partial charge in [-0.1, -0.05) is 24.3 Å². The van der Waals surface area contributed by atoms with Gasteiger partial charge < -0.3 is 10.5 Å². The zero-order valence-electron chi connectivity index (χ0n) is 12.7. The third-order valence-electron chi connectivity index (χ3n) is 3.11. The molecule has 2 rings (SSSR count). The average Bonchev–Trinajstić information content (AvgIpc) is 2.60. The van der Waals surface area contributed by atoms with Crippen molar-refractivity contribution < 1.29 is 19.2 Å². The molecule has 0 aliphatic rings. The highest BCUT2D eigenvalue weighted by atomic mass is 16.6. The fourth-order valence-corrected chi connectivity index (χ4v) is 1.92. The Hall–Kier alpha value is -3.99. The van der Waals surface area contributed by atoms with Crippen LogP contribution < -0.4 is 10.5 Å². The summed E-state index contributed by atoms with van der Waals surface area (Å²) in [4.78, 5) is 33.4. The molecule has 2 aromatic carbocycles. The summed E-state index contributed by atoms with van der Waals surface area (Å²) in [5.74, 6) is -1.57. The lowest BCUT2D eigenvalue weighted by atomic mass is 10.1. The zero-order valence-corrected chi connectivity index (χ0v) is 12.7. The van der Waals surface area contributed by atoms with Crippen molar-refractivity contribution >= 4 is 23.6 Å². The molecule has 2 aromatic rings. The number of para-hydroxylation sites is 1. The summed E-state index contributed by atoms with van der Waals surface area (Å²) in [5.41, 5.74) is 4.80. The van der Waals surface area contributed by atoms with Crippen molar-refractivity contribution in [2.24, 2.45) is 5.73 Å². The lowest BCUT2D eigenvalue weighted by Crippen LogP contribution is -2.12. The van der Waals surface area contributed by atoms with Crippen molar-refractivity contribution in [1.29, 1.82) is 5.26 Å². The highest BCUT2D eigenvalue weighted by Crippen LogP contribution is 2.21. The summed E-state index contributed by atoms with van der Waals surface area (Å²) in [6, 6.07) is 13.0. The van der Waals surface area contributed by atoms with Gasteiger partial charge in [-0.3, -0.25) is 14.9 Å². The number of hydrogen-bond donors (Lipinski definition) is 1. The molecule has 0 saturated heterocycles. The molecule has 8 heteroatoms. The third-order valence-corrected chi connectivity index (χ3v) is 3.11. The molecule has 0 aliphatic heterocycles. The zero-order chi connectivity index (χ0) is 18.4. The number of amides is 1. The van der Waals surface area contributed by atoms with Crippen LogP contribution in [-0.2, 0) is 4.79 Å². The minimum absolute atomic E-state index is 0.151. The molecule has 0 radical (unpaired) electrons. The number of nitriles is 1. The molecule has 0 aromatic heterocycles.